The Morgan fingerprint density at radius 3 is 2.58 bits per heavy atom. The molecule has 122 valence electrons. The lowest BCUT2D eigenvalue weighted by atomic mass is 10.1. The van der Waals surface area contributed by atoms with Crippen LogP contribution in [0.5, 0.6) is 0 Å². The van der Waals surface area contributed by atoms with E-state index in [9.17, 15) is 9.18 Å². The molecule has 3 aromatic rings. The Kier molecular flexibility index (Phi) is 4.37. The smallest absolute Gasteiger partial charge is 0.270 e. The second-order valence-electron chi connectivity index (χ2n) is 5.52. The monoisotopic (exact) mass is 324 g/mol. The van der Waals surface area contributed by atoms with Crippen LogP contribution < -0.4 is 5.32 Å². The zero-order valence-corrected chi connectivity index (χ0v) is 13.4. The van der Waals surface area contributed by atoms with Gasteiger partial charge in [0.2, 0.25) is 0 Å². The molecule has 0 aliphatic rings. The van der Waals surface area contributed by atoms with E-state index in [1.807, 2.05) is 24.6 Å². The predicted molar refractivity (Wildman–Crippen MR) is 87.9 cm³/mol. The van der Waals surface area contributed by atoms with Crippen molar-refractivity contribution in [2.45, 2.75) is 13.0 Å². The van der Waals surface area contributed by atoms with E-state index in [0.717, 1.165) is 11.3 Å². The van der Waals surface area contributed by atoms with Crippen LogP contribution in [-0.4, -0.2) is 20.4 Å². The Labute approximate surface area is 139 Å². The van der Waals surface area contributed by atoms with E-state index in [-0.39, 0.29) is 11.7 Å². The summed E-state index contributed by atoms with van der Waals surface area (Å²) >= 11 is 0. The van der Waals surface area contributed by atoms with Crippen LogP contribution in [0.4, 0.5) is 4.39 Å². The number of aryl methyl sites for hydroxylation is 2. The second kappa shape index (κ2) is 6.62. The molecule has 6 heteroatoms. The van der Waals surface area contributed by atoms with Gasteiger partial charge < -0.3 is 9.88 Å². The van der Waals surface area contributed by atoms with Crippen LogP contribution in [0.15, 0.2) is 54.9 Å². The topological polar surface area (TPSA) is 59.8 Å². The lowest BCUT2D eigenvalue weighted by Gasteiger charge is -2.19. The number of aromatic nitrogens is 3. The molecule has 0 fully saturated rings. The third-order valence-electron chi connectivity index (χ3n) is 3.72. The molecule has 1 unspecified atom stereocenters. The fourth-order valence-electron chi connectivity index (χ4n) is 2.48. The van der Waals surface area contributed by atoms with E-state index >= 15 is 0 Å². The van der Waals surface area contributed by atoms with Gasteiger partial charge in [-0.1, -0.05) is 18.2 Å². The van der Waals surface area contributed by atoms with Gasteiger partial charge >= 0.3 is 0 Å². The number of hydrogen-bond acceptors (Lipinski definition) is 3. The van der Waals surface area contributed by atoms with Gasteiger partial charge in [-0.2, -0.15) is 0 Å². The Morgan fingerprint density at radius 1 is 1.21 bits per heavy atom. The molecule has 0 aliphatic heterocycles. The van der Waals surface area contributed by atoms with Gasteiger partial charge in [0.05, 0.1) is 0 Å². The fourth-order valence-corrected chi connectivity index (χ4v) is 2.48. The van der Waals surface area contributed by atoms with Crippen LogP contribution in [0.25, 0.3) is 0 Å². The van der Waals surface area contributed by atoms with Crippen LogP contribution in [0, 0.1) is 12.7 Å². The van der Waals surface area contributed by atoms with Crippen molar-refractivity contribution in [3.05, 3.63) is 83.5 Å². The van der Waals surface area contributed by atoms with Crippen molar-refractivity contribution in [3.8, 4) is 0 Å². The molecule has 1 N–H and O–H groups in total. The molecule has 2 heterocycles. The summed E-state index contributed by atoms with van der Waals surface area (Å²) in [4.78, 5) is 21.1. The van der Waals surface area contributed by atoms with Crippen LogP contribution in [0.3, 0.4) is 0 Å². The number of nitrogens with one attached hydrogen (secondary N) is 1. The molecule has 0 saturated heterocycles. The molecule has 0 bridgehead atoms. The maximum absolute atomic E-state index is 13.2. The Bertz CT molecular complexity index is 857. The van der Waals surface area contributed by atoms with Crippen molar-refractivity contribution < 1.29 is 9.18 Å². The van der Waals surface area contributed by atoms with Crippen molar-refractivity contribution in [1.29, 1.82) is 0 Å². The number of nitrogens with zero attached hydrogens (tertiary/aromatic N) is 3. The van der Waals surface area contributed by atoms with Gasteiger partial charge in [0.1, 0.15) is 23.4 Å². The lowest BCUT2D eigenvalue weighted by Crippen LogP contribution is -2.31. The molecule has 3 rings (SSSR count). The van der Waals surface area contributed by atoms with Crippen molar-refractivity contribution in [2.75, 3.05) is 0 Å². The summed E-state index contributed by atoms with van der Waals surface area (Å²) in [6, 6.07) is 10.8. The highest BCUT2D eigenvalue weighted by molar-refractivity contribution is 5.92. The number of halogens is 1. The first-order valence-corrected chi connectivity index (χ1v) is 7.52. The number of hydrogen-bond donors (Lipinski definition) is 1. The third-order valence-corrected chi connectivity index (χ3v) is 3.72. The first kappa shape index (κ1) is 15.9. The minimum absolute atomic E-state index is 0.309. The average Bonchev–Trinajstić information content (AvgIpc) is 2.99. The van der Waals surface area contributed by atoms with Gasteiger partial charge in [-0.3, -0.25) is 4.79 Å². The average molecular weight is 324 g/mol. The normalized spacial score (nSPS) is 12.0. The van der Waals surface area contributed by atoms with Gasteiger partial charge in [-0.15, -0.1) is 0 Å². The Balaban J connectivity index is 1.95. The third kappa shape index (κ3) is 3.32. The molecule has 0 spiro atoms. The van der Waals surface area contributed by atoms with Crippen molar-refractivity contribution in [2.24, 2.45) is 7.05 Å². The SMILES string of the molecule is Cc1cccc(C(=O)NC(c2ccc(F)cc2)c2nccn2C)n1. The molecule has 1 amide bonds. The quantitative estimate of drug-likeness (QED) is 0.803. The lowest BCUT2D eigenvalue weighted by molar-refractivity contribution is 0.0936. The van der Waals surface area contributed by atoms with Crippen LogP contribution >= 0.6 is 0 Å². The molecule has 24 heavy (non-hydrogen) atoms. The first-order valence-electron chi connectivity index (χ1n) is 7.52. The number of benzene rings is 1. The summed E-state index contributed by atoms with van der Waals surface area (Å²) in [6.07, 6.45) is 3.45. The molecule has 1 atom stereocenters. The van der Waals surface area contributed by atoms with Gasteiger partial charge in [0, 0.05) is 25.1 Å². The second-order valence-corrected chi connectivity index (χ2v) is 5.52. The zero-order chi connectivity index (χ0) is 17.1. The van der Waals surface area contributed by atoms with Gasteiger partial charge in [0.15, 0.2) is 0 Å². The molecule has 2 aromatic heterocycles. The van der Waals surface area contributed by atoms with Gasteiger partial charge in [-0.25, -0.2) is 14.4 Å². The van der Waals surface area contributed by atoms with Crippen LogP contribution in [-0.2, 0) is 7.05 Å². The van der Waals surface area contributed by atoms with E-state index in [1.54, 1.807) is 36.7 Å². The molecule has 0 radical (unpaired) electrons. The minimum Gasteiger partial charge on any atom is -0.337 e. The molecular weight excluding hydrogens is 307 g/mol. The van der Waals surface area contributed by atoms with Crippen molar-refractivity contribution in [3.63, 3.8) is 0 Å². The van der Waals surface area contributed by atoms with E-state index in [4.69, 9.17) is 0 Å². The predicted octanol–water partition coefficient (Wildman–Crippen LogP) is 2.78. The Morgan fingerprint density at radius 2 is 1.96 bits per heavy atom. The Hall–Kier alpha value is -3.02. The van der Waals surface area contributed by atoms with Crippen molar-refractivity contribution >= 4 is 5.91 Å². The van der Waals surface area contributed by atoms with Crippen molar-refractivity contribution in [1.82, 2.24) is 19.9 Å². The zero-order valence-electron chi connectivity index (χ0n) is 13.4. The number of carbonyl (C=O) groups excluding carboxylic acids is 1. The summed E-state index contributed by atoms with van der Waals surface area (Å²) in [5.74, 6) is 0.0163. The minimum atomic E-state index is -0.500. The molecule has 0 aliphatic carbocycles. The fraction of sp³-hybridized carbons (Fsp3) is 0.167. The highest BCUT2D eigenvalue weighted by Gasteiger charge is 2.22. The maximum atomic E-state index is 13.2. The number of imidazole rings is 1. The number of amides is 1. The summed E-state index contributed by atoms with van der Waals surface area (Å²) in [5, 5.41) is 2.93. The molecule has 0 saturated carbocycles. The molecule has 5 nitrogen and oxygen atoms in total. The number of pyridine rings is 1. The highest BCUT2D eigenvalue weighted by Crippen LogP contribution is 2.21. The molecule has 1 aromatic carbocycles. The standard InChI is InChI=1S/C18H17FN4O/c1-12-4-3-5-15(21-12)18(24)22-16(17-20-10-11-23(17)2)13-6-8-14(19)9-7-13/h3-11,16H,1-2H3,(H,22,24). The summed E-state index contributed by atoms with van der Waals surface area (Å²) < 4.78 is 15.0. The number of rotatable bonds is 4. The van der Waals surface area contributed by atoms with Crippen LogP contribution in [0.2, 0.25) is 0 Å². The summed E-state index contributed by atoms with van der Waals surface area (Å²) in [6.45, 7) is 1.83. The van der Waals surface area contributed by atoms with E-state index in [2.05, 4.69) is 15.3 Å². The number of carbonyl (C=O) groups is 1. The maximum Gasteiger partial charge on any atom is 0.270 e. The molecular formula is C18H17FN4O. The van der Waals surface area contributed by atoms with E-state index < -0.39 is 6.04 Å². The van der Waals surface area contributed by atoms with Gasteiger partial charge in [0.25, 0.3) is 5.91 Å². The first-order chi connectivity index (χ1) is 11.5. The largest absolute Gasteiger partial charge is 0.337 e. The summed E-state index contributed by atoms with van der Waals surface area (Å²) in [5.41, 5.74) is 1.83. The van der Waals surface area contributed by atoms with E-state index in [0.29, 0.717) is 11.5 Å². The van der Waals surface area contributed by atoms with Gasteiger partial charge in [-0.05, 0) is 36.8 Å². The summed E-state index contributed by atoms with van der Waals surface area (Å²) in [7, 11) is 1.84. The highest BCUT2D eigenvalue weighted by atomic mass is 19.1. The van der Waals surface area contributed by atoms with E-state index in [1.165, 1.54) is 12.1 Å². The van der Waals surface area contributed by atoms with Crippen LogP contribution in [0.1, 0.15) is 33.6 Å².